The average molecular weight is 405 g/mol. The predicted molar refractivity (Wildman–Crippen MR) is 113 cm³/mol. The summed E-state index contributed by atoms with van der Waals surface area (Å²) in [5.41, 5.74) is 0.956. The standard InChI is InChI=1S/C24H23NO5/c1-4-15(2)17-6-8-20(9-7-17)29-23(26)14-28-22-12-18-11-19(13-25)24(27)30-21(18)10-5-16(22)3/h5-12,15-16H,4,14H2,1-3H3/t15?,16-/m1/s1. The van der Waals surface area contributed by atoms with Gasteiger partial charge in [0.2, 0.25) is 0 Å². The van der Waals surface area contributed by atoms with E-state index in [2.05, 4.69) is 13.8 Å². The zero-order chi connectivity index (χ0) is 21.7. The van der Waals surface area contributed by atoms with Crippen LogP contribution in [0.1, 0.15) is 55.6 Å². The molecule has 3 rings (SSSR count). The second-order valence-corrected chi connectivity index (χ2v) is 7.21. The lowest BCUT2D eigenvalue weighted by atomic mass is 9.99. The summed E-state index contributed by atoms with van der Waals surface area (Å²) < 4.78 is 16.2. The molecule has 6 nitrogen and oxygen atoms in total. The molecule has 6 heteroatoms. The SMILES string of the molecule is CCC(C)c1ccc(OC(=O)COC2=Cc3cc(C#N)c(=O)oc3C=C[C@H]2C)cc1. The molecule has 30 heavy (non-hydrogen) atoms. The maximum absolute atomic E-state index is 12.2. The van der Waals surface area contributed by atoms with Crippen molar-refractivity contribution in [2.75, 3.05) is 6.61 Å². The molecule has 2 atom stereocenters. The van der Waals surface area contributed by atoms with Crippen molar-refractivity contribution in [3.63, 3.8) is 0 Å². The number of hydrogen-bond acceptors (Lipinski definition) is 6. The minimum absolute atomic E-state index is 0.0902. The summed E-state index contributed by atoms with van der Waals surface area (Å²) in [6.45, 7) is 5.89. The van der Waals surface area contributed by atoms with Crippen molar-refractivity contribution < 1.29 is 18.7 Å². The van der Waals surface area contributed by atoms with Gasteiger partial charge in [0.1, 0.15) is 28.9 Å². The fraction of sp³-hybridized carbons (Fsp3) is 0.292. The minimum Gasteiger partial charge on any atom is -0.486 e. The van der Waals surface area contributed by atoms with Gasteiger partial charge in [-0.15, -0.1) is 0 Å². The van der Waals surface area contributed by atoms with Gasteiger partial charge >= 0.3 is 11.6 Å². The van der Waals surface area contributed by atoms with Crippen molar-refractivity contribution >= 4 is 18.1 Å². The number of rotatable bonds is 6. The molecule has 0 bridgehead atoms. The van der Waals surface area contributed by atoms with E-state index < -0.39 is 11.6 Å². The predicted octanol–water partition coefficient (Wildman–Crippen LogP) is 4.65. The first-order valence-corrected chi connectivity index (χ1v) is 9.82. The molecule has 1 unspecified atom stereocenters. The monoisotopic (exact) mass is 405 g/mol. The number of esters is 1. The molecular formula is C24H23NO5. The van der Waals surface area contributed by atoms with Crippen LogP contribution < -0.4 is 10.4 Å². The molecule has 1 aromatic carbocycles. The number of ether oxygens (including phenoxy) is 2. The van der Waals surface area contributed by atoms with Crippen LogP contribution in [0.2, 0.25) is 0 Å². The second-order valence-electron chi connectivity index (χ2n) is 7.21. The number of fused-ring (bicyclic) bond motifs is 1. The third kappa shape index (κ3) is 4.87. The molecule has 0 aliphatic heterocycles. The van der Waals surface area contributed by atoms with E-state index in [9.17, 15) is 9.59 Å². The Balaban J connectivity index is 1.68. The van der Waals surface area contributed by atoms with Gasteiger partial charge < -0.3 is 13.9 Å². The van der Waals surface area contributed by atoms with E-state index in [1.165, 1.54) is 11.6 Å². The second kappa shape index (κ2) is 9.27. The van der Waals surface area contributed by atoms with Crippen LogP contribution >= 0.6 is 0 Å². The Morgan fingerprint density at radius 3 is 2.70 bits per heavy atom. The highest BCUT2D eigenvalue weighted by atomic mass is 16.6. The Labute approximate surface area is 175 Å². The smallest absolute Gasteiger partial charge is 0.354 e. The quantitative estimate of drug-likeness (QED) is 0.513. The number of hydrogen-bond donors (Lipinski definition) is 0. The van der Waals surface area contributed by atoms with Crippen molar-refractivity contribution in [1.29, 1.82) is 5.26 Å². The highest BCUT2D eigenvalue weighted by Gasteiger charge is 2.17. The van der Waals surface area contributed by atoms with Crippen LogP contribution in [0.25, 0.3) is 12.2 Å². The lowest BCUT2D eigenvalue weighted by Crippen LogP contribution is -2.16. The molecule has 154 valence electrons. The molecule has 1 aliphatic rings. The normalized spacial score (nSPS) is 15.9. The van der Waals surface area contributed by atoms with Crippen LogP contribution in [0.3, 0.4) is 0 Å². The molecule has 2 aromatic rings. The van der Waals surface area contributed by atoms with Gasteiger partial charge in [-0.05, 0) is 48.3 Å². The van der Waals surface area contributed by atoms with Crippen molar-refractivity contribution in [2.45, 2.75) is 33.1 Å². The Bertz CT molecular complexity index is 1090. The highest BCUT2D eigenvalue weighted by Crippen LogP contribution is 2.26. The third-order valence-electron chi connectivity index (χ3n) is 5.06. The van der Waals surface area contributed by atoms with Gasteiger partial charge in [0.05, 0.1) is 0 Å². The summed E-state index contributed by atoms with van der Waals surface area (Å²) in [6.07, 6.45) is 6.16. The van der Waals surface area contributed by atoms with E-state index in [0.717, 1.165) is 6.42 Å². The number of nitriles is 1. The topological polar surface area (TPSA) is 89.5 Å². The van der Waals surface area contributed by atoms with Gasteiger partial charge in [0.25, 0.3) is 0 Å². The Kier molecular flexibility index (Phi) is 6.53. The van der Waals surface area contributed by atoms with Crippen molar-refractivity contribution in [3.05, 3.63) is 75.0 Å². The van der Waals surface area contributed by atoms with E-state index >= 15 is 0 Å². The van der Waals surface area contributed by atoms with Crippen LogP contribution in [0, 0.1) is 17.2 Å². The van der Waals surface area contributed by atoms with E-state index in [1.807, 2.05) is 25.1 Å². The number of carbonyl (C=O) groups excluding carboxylic acids is 1. The first-order valence-electron chi connectivity index (χ1n) is 9.82. The maximum Gasteiger partial charge on any atom is 0.354 e. The van der Waals surface area contributed by atoms with Crippen LogP contribution in [0.15, 0.2) is 51.4 Å². The summed E-state index contributed by atoms with van der Waals surface area (Å²) in [5.74, 6) is 1.08. The van der Waals surface area contributed by atoms with E-state index in [-0.39, 0.29) is 18.1 Å². The summed E-state index contributed by atoms with van der Waals surface area (Å²) >= 11 is 0. The molecule has 1 aliphatic carbocycles. The van der Waals surface area contributed by atoms with Crippen molar-refractivity contribution in [3.8, 4) is 11.8 Å². The maximum atomic E-state index is 12.2. The molecular weight excluding hydrogens is 382 g/mol. The molecule has 0 saturated heterocycles. The van der Waals surface area contributed by atoms with Crippen LogP contribution in [0.4, 0.5) is 0 Å². The fourth-order valence-electron chi connectivity index (χ4n) is 3.01. The molecule has 0 radical (unpaired) electrons. The summed E-state index contributed by atoms with van der Waals surface area (Å²) in [5, 5.41) is 9.04. The highest BCUT2D eigenvalue weighted by molar-refractivity contribution is 5.74. The van der Waals surface area contributed by atoms with E-state index in [4.69, 9.17) is 19.2 Å². The van der Waals surface area contributed by atoms with Crippen molar-refractivity contribution in [2.24, 2.45) is 5.92 Å². The van der Waals surface area contributed by atoms with Gasteiger partial charge in [0.15, 0.2) is 6.61 Å². The van der Waals surface area contributed by atoms with Gasteiger partial charge in [0, 0.05) is 11.5 Å². The largest absolute Gasteiger partial charge is 0.486 e. The van der Waals surface area contributed by atoms with Crippen LogP contribution in [-0.2, 0) is 9.53 Å². The molecule has 0 fully saturated rings. The summed E-state index contributed by atoms with van der Waals surface area (Å²) in [6, 6.07) is 10.7. The first-order chi connectivity index (χ1) is 14.4. The molecule has 0 spiro atoms. The summed E-state index contributed by atoms with van der Waals surface area (Å²) in [4.78, 5) is 23.9. The van der Waals surface area contributed by atoms with Gasteiger partial charge in [-0.2, -0.15) is 5.26 Å². The molecule has 1 aromatic heterocycles. The number of benzene rings is 1. The van der Waals surface area contributed by atoms with Gasteiger partial charge in [-0.1, -0.05) is 39.0 Å². The van der Waals surface area contributed by atoms with Crippen LogP contribution in [-0.4, -0.2) is 12.6 Å². The van der Waals surface area contributed by atoms with E-state index in [1.54, 1.807) is 30.4 Å². The molecule has 0 saturated carbocycles. The van der Waals surface area contributed by atoms with Crippen LogP contribution in [0.5, 0.6) is 5.75 Å². The zero-order valence-corrected chi connectivity index (χ0v) is 17.2. The number of carbonyl (C=O) groups is 1. The minimum atomic E-state index is -0.686. The molecule has 0 amide bonds. The zero-order valence-electron chi connectivity index (χ0n) is 17.2. The van der Waals surface area contributed by atoms with Gasteiger partial charge in [-0.3, -0.25) is 0 Å². The number of nitrogens with zero attached hydrogens (tertiary/aromatic N) is 1. The number of allylic oxidation sites excluding steroid dienone is 1. The average Bonchev–Trinajstić information content (AvgIpc) is 2.90. The Morgan fingerprint density at radius 2 is 2.03 bits per heavy atom. The summed E-state index contributed by atoms with van der Waals surface area (Å²) in [7, 11) is 0. The van der Waals surface area contributed by atoms with Gasteiger partial charge in [-0.25, -0.2) is 9.59 Å². The third-order valence-corrected chi connectivity index (χ3v) is 5.06. The lowest BCUT2D eigenvalue weighted by Gasteiger charge is -2.14. The Hall–Kier alpha value is -3.59. The first kappa shape index (κ1) is 21.1. The molecule has 1 heterocycles. The lowest BCUT2D eigenvalue weighted by molar-refractivity contribution is -0.138. The van der Waals surface area contributed by atoms with Crippen molar-refractivity contribution in [1.82, 2.24) is 0 Å². The van der Waals surface area contributed by atoms with E-state index in [0.29, 0.717) is 28.8 Å². The fourth-order valence-corrected chi connectivity index (χ4v) is 3.01. The molecule has 0 N–H and O–H groups in total. The Morgan fingerprint density at radius 1 is 1.30 bits per heavy atom.